The number of ether oxygens (including phenoxy) is 1. The predicted molar refractivity (Wildman–Crippen MR) is 77.9 cm³/mol. The number of hydrogen-bond donors (Lipinski definition) is 1. The van der Waals surface area contributed by atoms with Crippen LogP contribution in [0.3, 0.4) is 0 Å². The highest BCUT2D eigenvalue weighted by molar-refractivity contribution is 5.38. The second-order valence-corrected chi connectivity index (χ2v) is 5.08. The van der Waals surface area contributed by atoms with Crippen LogP contribution >= 0.6 is 0 Å². The molecule has 0 aliphatic heterocycles. The maximum absolute atomic E-state index is 5.45. The van der Waals surface area contributed by atoms with E-state index in [1.165, 1.54) is 11.3 Å². The normalized spacial score (nSPS) is 18.6. The van der Waals surface area contributed by atoms with Gasteiger partial charge in [-0.05, 0) is 37.6 Å². The summed E-state index contributed by atoms with van der Waals surface area (Å²) in [7, 11) is 3.68. The molecule has 2 aromatic rings. The van der Waals surface area contributed by atoms with Crippen LogP contribution in [0.5, 0.6) is 5.75 Å². The van der Waals surface area contributed by atoms with Crippen molar-refractivity contribution in [3.05, 3.63) is 53.6 Å². The molecule has 2 heterocycles. The van der Waals surface area contributed by atoms with Crippen molar-refractivity contribution in [1.82, 2.24) is 15.3 Å². The number of pyridine rings is 2. The first-order valence-corrected chi connectivity index (χ1v) is 6.94. The summed E-state index contributed by atoms with van der Waals surface area (Å²) in [5, 5.41) is 3.43. The van der Waals surface area contributed by atoms with E-state index in [9.17, 15) is 0 Å². The molecule has 0 aromatic carbocycles. The van der Waals surface area contributed by atoms with Crippen molar-refractivity contribution in [3.8, 4) is 5.75 Å². The zero-order valence-electron chi connectivity index (χ0n) is 11.8. The first-order valence-electron chi connectivity index (χ1n) is 6.94. The number of nitrogens with one attached hydrogen (secondary N) is 1. The Hall–Kier alpha value is -1.94. The molecule has 0 bridgehead atoms. The quantitative estimate of drug-likeness (QED) is 0.926. The fraction of sp³-hybridized carbons (Fsp3) is 0.375. The molecule has 0 radical (unpaired) electrons. The van der Waals surface area contributed by atoms with Gasteiger partial charge in [0.2, 0.25) is 0 Å². The van der Waals surface area contributed by atoms with Crippen LogP contribution in [0.1, 0.15) is 35.2 Å². The Morgan fingerprint density at radius 3 is 3.05 bits per heavy atom. The van der Waals surface area contributed by atoms with Crippen LogP contribution < -0.4 is 10.1 Å². The molecule has 3 rings (SSSR count). The van der Waals surface area contributed by atoms with Crippen LogP contribution in [0.4, 0.5) is 0 Å². The summed E-state index contributed by atoms with van der Waals surface area (Å²) in [4.78, 5) is 8.73. The maximum atomic E-state index is 5.45. The first-order chi connectivity index (χ1) is 9.85. The minimum Gasteiger partial charge on any atom is -0.495 e. The first kappa shape index (κ1) is 13.1. The summed E-state index contributed by atoms with van der Waals surface area (Å²) in [5.41, 5.74) is 3.73. The lowest BCUT2D eigenvalue weighted by atomic mass is 9.91. The van der Waals surface area contributed by atoms with Gasteiger partial charge in [0.05, 0.1) is 13.3 Å². The molecule has 2 atom stereocenters. The van der Waals surface area contributed by atoms with E-state index < -0.39 is 0 Å². The maximum Gasteiger partial charge on any atom is 0.141 e. The summed E-state index contributed by atoms with van der Waals surface area (Å²) in [6.07, 6.45) is 7.68. The smallest absolute Gasteiger partial charge is 0.141 e. The monoisotopic (exact) mass is 269 g/mol. The van der Waals surface area contributed by atoms with Crippen molar-refractivity contribution < 1.29 is 4.74 Å². The number of likely N-dealkylation sites (N-methyl/N-ethyl adjacent to an activating group) is 1. The number of nitrogens with zero attached hydrogens (tertiary/aromatic N) is 2. The lowest BCUT2D eigenvalue weighted by molar-refractivity contribution is 0.387. The van der Waals surface area contributed by atoms with E-state index in [1.807, 2.05) is 31.6 Å². The van der Waals surface area contributed by atoms with Crippen LogP contribution in [0.2, 0.25) is 0 Å². The van der Waals surface area contributed by atoms with Gasteiger partial charge in [-0.1, -0.05) is 6.07 Å². The highest BCUT2D eigenvalue weighted by atomic mass is 16.5. The molecule has 2 unspecified atom stereocenters. The highest BCUT2D eigenvalue weighted by Crippen LogP contribution is 2.42. The third-order valence-corrected chi connectivity index (χ3v) is 4.09. The van der Waals surface area contributed by atoms with Crippen molar-refractivity contribution in [2.24, 2.45) is 0 Å². The van der Waals surface area contributed by atoms with Crippen molar-refractivity contribution in [3.63, 3.8) is 0 Å². The van der Waals surface area contributed by atoms with Crippen molar-refractivity contribution >= 4 is 0 Å². The number of fused-ring (bicyclic) bond motifs is 1. The van der Waals surface area contributed by atoms with Crippen LogP contribution in [-0.4, -0.2) is 24.1 Å². The Bertz CT molecular complexity index is 600. The van der Waals surface area contributed by atoms with Crippen molar-refractivity contribution in [2.75, 3.05) is 14.2 Å². The van der Waals surface area contributed by atoms with E-state index >= 15 is 0 Å². The Labute approximate surface area is 119 Å². The third kappa shape index (κ3) is 2.16. The van der Waals surface area contributed by atoms with E-state index in [-0.39, 0.29) is 6.04 Å². The molecule has 2 aromatic heterocycles. The standard InChI is InChI=1S/C16H19N3O/c1-17-16(12-7-9-18-10-14(12)20-2)13-6-5-11-4-3-8-19-15(11)13/h3-4,7-10,13,16-17H,5-6H2,1-2H3. The summed E-state index contributed by atoms with van der Waals surface area (Å²) in [6.45, 7) is 0. The second-order valence-electron chi connectivity index (χ2n) is 5.08. The van der Waals surface area contributed by atoms with E-state index in [4.69, 9.17) is 4.74 Å². The Morgan fingerprint density at radius 1 is 1.35 bits per heavy atom. The number of methoxy groups -OCH3 is 1. The lowest BCUT2D eigenvalue weighted by Crippen LogP contribution is -2.23. The van der Waals surface area contributed by atoms with E-state index in [0.717, 1.165) is 24.2 Å². The predicted octanol–water partition coefficient (Wildman–Crippen LogP) is 2.48. The zero-order valence-corrected chi connectivity index (χ0v) is 11.8. The Balaban J connectivity index is 1.99. The molecule has 1 aliphatic carbocycles. The fourth-order valence-electron chi connectivity index (χ4n) is 3.16. The topological polar surface area (TPSA) is 47.0 Å². The molecule has 1 N–H and O–H groups in total. The summed E-state index contributed by atoms with van der Waals surface area (Å²) in [6, 6.07) is 6.42. The zero-order chi connectivity index (χ0) is 13.9. The lowest BCUT2D eigenvalue weighted by Gasteiger charge is -2.25. The van der Waals surface area contributed by atoms with Crippen LogP contribution in [-0.2, 0) is 6.42 Å². The molecule has 104 valence electrons. The number of aryl methyl sites for hydroxylation is 1. The molecule has 4 heteroatoms. The van der Waals surface area contributed by atoms with Crippen molar-refractivity contribution in [2.45, 2.75) is 24.8 Å². The van der Waals surface area contributed by atoms with Gasteiger partial charge in [0.15, 0.2) is 0 Å². The molecule has 0 spiro atoms. The van der Waals surface area contributed by atoms with Gasteiger partial charge in [0.25, 0.3) is 0 Å². The van der Waals surface area contributed by atoms with Gasteiger partial charge in [0.1, 0.15) is 5.75 Å². The van der Waals surface area contributed by atoms with Gasteiger partial charge < -0.3 is 10.1 Å². The van der Waals surface area contributed by atoms with Gasteiger partial charge in [0, 0.05) is 35.6 Å². The van der Waals surface area contributed by atoms with Gasteiger partial charge in [-0.15, -0.1) is 0 Å². The summed E-state index contributed by atoms with van der Waals surface area (Å²) in [5.74, 6) is 1.21. The highest BCUT2D eigenvalue weighted by Gasteiger charge is 2.32. The second kappa shape index (κ2) is 5.59. The summed E-state index contributed by atoms with van der Waals surface area (Å²) >= 11 is 0. The SMILES string of the molecule is CNC(c1ccncc1OC)C1CCc2cccnc21. The fourth-order valence-corrected chi connectivity index (χ4v) is 3.16. The summed E-state index contributed by atoms with van der Waals surface area (Å²) < 4.78 is 5.45. The van der Waals surface area contributed by atoms with E-state index in [0.29, 0.717) is 5.92 Å². The van der Waals surface area contributed by atoms with Gasteiger partial charge in [-0.25, -0.2) is 0 Å². The number of aromatic nitrogens is 2. The van der Waals surface area contributed by atoms with E-state index in [2.05, 4.69) is 21.4 Å². The average molecular weight is 269 g/mol. The number of rotatable bonds is 4. The molecule has 0 saturated carbocycles. The minimum atomic E-state index is 0.198. The van der Waals surface area contributed by atoms with Crippen LogP contribution in [0.25, 0.3) is 0 Å². The molecule has 4 nitrogen and oxygen atoms in total. The molecular formula is C16H19N3O. The number of hydrogen-bond acceptors (Lipinski definition) is 4. The molecule has 20 heavy (non-hydrogen) atoms. The van der Waals surface area contributed by atoms with Gasteiger partial charge >= 0.3 is 0 Å². The van der Waals surface area contributed by atoms with Gasteiger partial charge in [-0.3, -0.25) is 9.97 Å². The molecular weight excluding hydrogens is 250 g/mol. The Morgan fingerprint density at radius 2 is 2.25 bits per heavy atom. The van der Waals surface area contributed by atoms with Gasteiger partial charge in [-0.2, -0.15) is 0 Å². The minimum absolute atomic E-state index is 0.198. The average Bonchev–Trinajstić information content (AvgIpc) is 2.93. The van der Waals surface area contributed by atoms with E-state index in [1.54, 1.807) is 13.3 Å². The molecule has 0 amide bonds. The third-order valence-electron chi connectivity index (χ3n) is 4.09. The van der Waals surface area contributed by atoms with Crippen LogP contribution in [0, 0.1) is 0 Å². The molecule has 0 saturated heterocycles. The van der Waals surface area contributed by atoms with Crippen LogP contribution in [0.15, 0.2) is 36.8 Å². The van der Waals surface area contributed by atoms with Crippen molar-refractivity contribution in [1.29, 1.82) is 0 Å². The Kier molecular flexibility index (Phi) is 3.65. The molecule has 0 fully saturated rings. The molecule has 1 aliphatic rings. The largest absolute Gasteiger partial charge is 0.495 e.